The fraction of sp³-hybridized carbons (Fsp3) is 1.00. The van der Waals surface area contributed by atoms with E-state index in [-0.39, 0.29) is 11.9 Å². The summed E-state index contributed by atoms with van der Waals surface area (Å²) >= 11 is 0. The van der Waals surface area contributed by atoms with Gasteiger partial charge in [0.2, 0.25) is 0 Å². The zero-order valence-electron chi connectivity index (χ0n) is 9.32. The first-order valence-corrected chi connectivity index (χ1v) is 6.17. The average molecular weight is 212 g/mol. The Morgan fingerprint density at radius 3 is 2.67 bits per heavy atom. The minimum atomic E-state index is -0.292. The lowest BCUT2D eigenvalue weighted by Crippen LogP contribution is -2.35. The van der Waals surface area contributed by atoms with Crippen molar-refractivity contribution in [3.05, 3.63) is 0 Å². The van der Waals surface area contributed by atoms with Crippen LogP contribution in [-0.2, 0) is 9.47 Å². The quantitative estimate of drug-likeness (QED) is 0.662. The SMILES string of the molecule is C[C@H]1[C@@H]2CC[C@@H](O)C[C@@H]2CC12OCCO2. The van der Waals surface area contributed by atoms with Gasteiger partial charge in [0.25, 0.3) is 0 Å². The zero-order chi connectivity index (χ0) is 10.5. The molecule has 2 aliphatic carbocycles. The maximum atomic E-state index is 9.69. The Balaban J connectivity index is 1.80. The smallest absolute Gasteiger partial charge is 0.171 e. The lowest BCUT2D eigenvalue weighted by Gasteiger charge is -2.31. The van der Waals surface area contributed by atoms with Gasteiger partial charge in [-0.1, -0.05) is 6.92 Å². The first-order valence-electron chi connectivity index (χ1n) is 6.17. The number of aliphatic hydroxyl groups is 1. The van der Waals surface area contributed by atoms with Crippen LogP contribution in [0.15, 0.2) is 0 Å². The highest BCUT2D eigenvalue weighted by atomic mass is 16.7. The van der Waals surface area contributed by atoms with E-state index in [9.17, 15) is 5.11 Å². The van der Waals surface area contributed by atoms with Crippen molar-refractivity contribution in [2.24, 2.45) is 17.8 Å². The summed E-state index contributed by atoms with van der Waals surface area (Å²) in [5.74, 6) is 1.52. The fourth-order valence-corrected chi connectivity index (χ4v) is 3.88. The van der Waals surface area contributed by atoms with Crippen molar-refractivity contribution in [2.45, 2.75) is 44.5 Å². The molecule has 0 amide bonds. The second-order valence-electron chi connectivity index (χ2n) is 5.39. The van der Waals surface area contributed by atoms with Crippen LogP contribution in [0.4, 0.5) is 0 Å². The number of hydrogen-bond acceptors (Lipinski definition) is 3. The molecule has 0 aromatic heterocycles. The summed E-state index contributed by atoms with van der Waals surface area (Å²) in [7, 11) is 0. The summed E-state index contributed by atoms with van der Waals surface area (Å²) in [6, 6.07) is 0. The maximum Gasteiger partial charge on any atom is 0.171 e. The lowest BCUT2D eigenvalue weighted by molar-refractivity contribution is -0.182. The van der Waals surface area contributed by atoms with Crippen molar-refractivity contribution >= 4 is 0 Å². The molecule has 1 saturated heterocycles. The van der Waals surface area contributed by atoms with Crippen LogP contribution in [0.5, 0.6) is 0 Å². The number of ether oxygens (including phenoxy) is 2. The number of aliphatic hydroxyl groups excluding tert-OH is 1. The minimum Gasteiger partial charge on any atom is -0.393 e. The molecule has 2 saturated carbocycles. The second-order valence-corrected chi connectivity index (χ2v) is 5.39. The minimum absolute atomic E-state index is 0.0880. The van der Waals surface area contributed by atoms with Crippen LogP contribution in [0, 0.1) is 17.8 Å². The van der Waals surface area contributed by atoms with Crippen molar-refractivity contribution in [3.8, 4) is 0 Å². The van der Waals surface area contributed by atoms with Crippen LogP contribution in [0.3, 0.4) is 0 Å². The van der Waals surface area contributed by atoms with Crippen molar-refractivity contribution in [3.63, 3.8) is 0 Å². The van der Waals surface area contributed by atoms with Gasteiger partial charge in [-0.2, -0.15) is 0 Å². The molecule has 0 aromatic carbocycles. The van der Waals surface area contributed by atoms with Gasteiger partial charge in [-0.15, -0.1) is 0 Å². The third kappa shape index (κ3) is 1.44. The molecule has 3 fully saturated rings. The van der Waals surface area contributed by atoms with Gasteiger partial charge in [0, 0.05) is 12.3 Å². The zero-order valence-corrected chi connectivity index (χ0v) is 9.32. The summed E-state index contributed by atoms with van der Waals surface area (Å²) in [4.78, 5) is 0. The van der Waals surface area contributed by atoms with E-state index in [4.69, 9.17) is 9.47 Å². The van der Waals surface area contributed by atoms with E-state index in [0.717, 1.165) is 38.9 Å². The Morgan fingerprint density at radius 2 is 1.93 bits per heavy atom. The van der Waals surface area contributed by atoms with E-state index >= 15 is 0 Å². The predicted octanol–water partition coefficient (Wildman–Crippen LogP) is 1.55. The third-order valence-corrected chi connectivity index (χ3v) is 4.67. The van der Waals surface area contributed by atoms with Gasteiger partial charge in [0.15, 0.2) is 5.79 Å². The monoisotopic (exact) mass is 212 g/mol. The van der Waals surface area contributed by atoms with Gasteiger partial charge in [-0.3, -0.25) is 0 Å². The molecule has 1 spiro atoms. The van der Waals surface area contributed by atoms with Crippen molar-refractivity contribution in [1.29, 1.82) is 0 Å². The van der Waals surface area contributed by atoms with Crippen LogP contribution in [0.1, 0.15) is 32.6 Å². The summed E-state index contributed by atoms with van der Waals surface area (Å²) in [5, 5.41) is 9.69. The molecule has 3 rings (SSSR count). The number of hydrogen-bond donors (Lipinski definition) is 1. The lowest BCUT2D eigenvalue weighted by atomic mass is 9.77. The molecular weight excluding hydrogens is 192 g/mol. The fourth-order valence-electron chi connectivity index (χ4n) is 3.88. The van der Waals surface area contributed by atoms with Crippen molar-refractivity contribution in [1.82, 2.24) is 0 Å². The number of rotatable bonds is 0. The molecule has 4 atom stereocenters. The molecule has 86 valence electrons. The molecule has 1 heterocycles. The highest BCUT2D eigenvalue weighted by Gasteiger charge is 2.55. The molecule has 0 radical (unpaired) electrons. The highest BCUT2D eigenvalue weighted by molar-refractivity contribution is 4.99. The maximum absolute atomic E-state index is 9.69. The van der Waals surface area contributed by atoms with E-state index in [1.54, 1.807) is 0 Å². The Bertz CT molecular complexity index is 247. The van der Waals surface area contributed by atoms with E-state index in [1.807, 2.05) is 0 Å². The molecule has 3 aliphatic rings. The molecule has 3 heteroatoms. The van der Waals surface area contributed by atoms with E-state index in [2.05, 4.69) is 6.92 Å². The Morgan fingerprint density at radius 1 is 1.20 bits per heavy atom. The van der Waals surface area contributed by atoms with Gasteiger partial charge in [-0.25, -0.2) is 0 Å². The average Bonchev–Trinajstić information content (AvgIpc) is 2.76. The molecule has 15 heavy (non-hydrogen) atoms. The van der Waals surface area contributed by atoms with E-state index in [1.165, 1.54) is 0 Å². The molecule has 1 aliphatic heterocycles. The first kappa shape index (κ1) is 10.1. The van der Waals surface area contributed by atoms with Crippen LogP contribution in [0.2, 0.25) is 0 Å². The molecule has 0 bridgehead atoms. The van der Waals surface area contributed by atoms with Crippen molar-refractivity contribution in [2.75, 3.05) is 13.2 Å². The van der Waals surface area contributed by atoms with Crippen molar-refractivity contribution < 1.29 is 14.6 Å². The van der Waals surface area contributed by atoms with Gasteiger partial charge in [-0.05, 0) is 31.1 Å². The van der Waals surface area contributed by atoms with Gasteiger partial charge in [0.1, 0.15) is 0 Å². The van der Waals surface area contributed by atoms with Gasteiger partial charge >= 0.3 is 0 Å². The normalized spacial score (nSPS) is 48.4. The topological polar surface area (TPSA) is 38.7 Å². The van der Waals surface area contributed by atoms with Gasteiger partial charge < -0.3 is 14.6 Å². The Labute approximate surface area is 90.8 Å². The molecule has 1 N–H and O–H groups in total. The molecule has 0 aromatic rings. The molecule has 3 nitrogen and oxygen atoms in total. The van der Waals surface area contributed by atoms with E-state index in [0.29, 0.717) is 17.8 Å². The standard InChI is InChI=1S/C12H20O3/c1-8-11-3-2-10(13)6-9(11)7-12(8)14-4-5-15-12/h8-11,13H,2-7H2,1H3/t8-,9+,10+,11-/m0/s1. The van der Waals surface area contributed by atoms with Crippen LogP contribution >= 0.6 is 0 Å². The molecule has 0 unspecified atom stereocenters. The molecular formula is C12H20O3. The number of fused-ring (bicyclic) bond motifs is 1. The Kier molecular flexibility index (Phi) is 2.31. The largest absolute Gasteiger partial charge is 0.393 e. The second kappa shape index (κ2) is 3.44. The van der Waals surface area contributed by atoms with Gasteiger partial charge in [0.05, 0.1) is 19.3 Å². The van der Waals surface area contributed by atoms with Crippen LogP contribution in [0.25, 0.3) is 0 Å². The Hall–Kier alpha value is -0.120. The van der Waals surface area contributed by atoms with Crippen LogP contribution < -0.4 is 0 Å². The predicted molar refractivity (Wildman–Crippen MR) is 55.3 cm³/mol. The summed E-state index contributed by atoms with van der Waals surface area (Å²) in [5.41, 5.74) is 0. The summed E-state index contributed by atoms with van der Waals surface area (Å²) in [6.07, 6.45) is 3.96. The summed E-state index contributed by atoms with van der Waals surface area (Å²) in [6.45, 7) is 3.74. The van der Waals surface area contributed by atoms with E-state index < -0.39 is 0 Å². The summed E-state index contributed by atoms with van der Waals surface area (Å²) < 4.78 is 11.7. The highest BCUT2D eigenvalue weighted by Crippen LogP contribution is 2.53. The van der Waals surface area contributed by atoms with Crippen LogP contribution in [-0.4, -0.2) is 30.2 Å². The third-order valence-electron chi connectivity index (χ3n) is 4.67. The first-order chi connectivity index (χ1) is 7.21.